The second-order valence-electron chi connectivity index (χ2n) is 4.86. The molecule has 0 aromatic carbocycles. The van der Waals surface area contributed by atoms with Gasteiger partial charge in [-0.3, -0.25) is 4.55 Å². The van der Waals surface area contributed by atoms with Gasteiger partial charge in [0.25, 0.3) is 11.3 Å². The Labute approximate surface area is 96.4 Å². The van der Waals surface area contributed by atoms with Crippen LogP contribution in [0.3, 0.4) is 0 Å². The molecule has 1 aliphatic carbocycles. The molecular formula is C9H16FNO4S. The zero-order valence-corrected chi connectivity index (χ0v) is 10.3. The third-order valence-corrected chi connectivity index (χ3v) is 3.07. The minimum absolute atomic E-state index is 0.384. The van der Waals surface area contributed by atoms with E-state index in [2.05, 4.69) is 0 Å². The lowest BCUT2D eigenvalue weighted by Crippen LogP contribution is -2.47. The highest BCUT2D eigenvalue weighted by molar-refractivity contribution is 7.77. The molecule has 0 aromatic heterocycles. The van der Waals surface area contributed by atoms with E-state index in [0.717, 1.165) is 0 Å². The first kappa shape index (κ1) is 13.4. The van der Waals surface area contributed by atoms with E-state index in [0.29, 0.717) is 17.1 Å². The van der Waals surface area contributed by atoms with Crippen molar-refractivity contribution in [1.82, 2.24) is 4.31 Å². The van der Waals surface area contributed by atoms with Crippen molar-refractivity contribution < 1.29 is 22.7 Å². The first-order valence-electron chi connectivity index (χ1n) is 4.92. The van der Waals surface area contributed by atoms with Gasteiger partial charge in [-0.1, -0.05) is 0 Å². The van der Waals surface area contributed by atoms with Gasteiger partial charge < -0.3 is 4.74 Å². The summed E-state index contributed by atoms with van der Waals surface area (Å²) >= 11 is -2.56. The maximum atomic E-state index is 12.7. The van der Waals surface area contributed by atoms with Gasteiger partial charge in [0.05, 0.1) is 5.54 Å². The first-order valence-corrected chi connectivity index (χ1v) is 5.98. The summed E-state index contributed by atoms with van der Waals surface area (Å²) in [5.41, 5.74) is -1.91. The molecule has 0 spiro atoms. The zero-order valence-electron chi connectivity index (χ0n) is 9.53. The third kappa shape index (κ3) is 2.91. The van der Waals surface area contributed by atoms with Crippen LogP contribution in [0, 0.1) is 0 Å². The van der Waals surface area contributed by atoms with Crippen LogP contribution in [-0.4, -0.2) is 37.0 Å². The van der Waals surface area contributed by atoms with Crippen LogP contribution in [0.1, 0.15) is 33.6 Å². The van der Waals surface area contributed by atoms with Crippen LogP contribution >= 0.6 is 0 Å². The molecule has 5 nitrogen and oxygen atoms in total. The Morgan fingerprint density at radius 3 is 2.31 bits per heavy atom. The van der Waals surface area contributed by atoms with Gasteiger partial charge in [0, 0.05) is 0 Å². The lowest BCUT2D eigenvalue weighted by Gasteiger charge is -2.28. The molecule has 1 atom stereocenters. The predicted octanol–water partition coefficient (Wildman–Crippen LogP) is 1.86. The van der Waals surface area contributed by atoms with E-state index in [1.54, 1.807) is 20.8 Å². The molecule has 1 rings (SSSR count). The third-order valence-electron chi connectivity index (χ3n) is 2.22. The molecule has 1 saturated carbocycles. The molecule has 0 heterocycles. The second-order valence-corrected chi connectivity index (χ2v) is 5.69. The quantitative estimate of drug-likeness (QED) is 0.780. The number of carbonyl (C=O) groups excluding carboxylic acids is 1. The topological polar surface area (TPSA) is 66.8 Å². The number of halogens is 1. The van der Waals surface area contributed by atoms with Crippen LogP contribution in [0.25, 0.3) is 0 Å². The standard InChI is InChI=1S/C9H16FNO4S/c1-8(2,3)15-7(12)11(16(13)14)9(6-10)4-5-9/h4-6H2,1-3H3,(H,13,14). The molecule has 0 aromatic rings. The van der Waals surface area contributed by atoms with Crippen molar-refractivity contribution in [2.75, 3.05) is 6.67 Å². The zero-order chi connectivity index (χ0) is 12.6. The minimum Gasteiger partial charge on any atom is -0.443 e. The van der Waals surface area contributed by atoms with E-state index in [1.807, 2.05) is 0 Å². The van der Waals surface area contributed by atoms with E-state index in [-0.39, 0.29) is 0 Å². The van der Waals surface area contributed by atoms with Crippen LogP contribution in [0.4, 0.5) is 9.18 Å². The van der Waals surface area contributed by atoms with Crippen molar-refractivity contribution in [2.24, 2.45) is 0 Å². The molecule has 1 unspecified atom stereocenters. The maximum Gasteiger partial charge on any atom is 0.424 e. The van der Waals surface area contributed by atoms with Crippen molar-refractivity contribution in [2.45, 2.75) is 44.8 Å². The smallest absolute Gasteiger partial charge is 0.424 e. The fourth-order valence-electron chi connectivity index (χ4n) is 1.26. The Balaban J connectivity index is 2.80. The normalized spacial score (nSPS) is 20.1. The Bertz CT molecular complexity index is 311. The number of hydrogen-bond donors (Lipinski definition) is 1. The molecule has 0 bridgehead atoms. The van der Waals surface area contributed by atoms with Crippen molar-refractivity contribution >= 4 is 17.4 Å². The summed E-state index contributed by atoms with van der Waals surface area (Å²) in [6.45, 7) is 4.08. The first-order chi connectivity index (χ1) is 7.22. The molecule has 7 heteroatoms. The summed E-state index contributed by atoms with van der Waals surface area (Å²) in [5, 5.41) is 0. The monoisotopic (exact) mass is 253 g/mol. The van der Waals surface area contributed by atoms with E-state index >= 15 is 0 Å². The van der Waals surface area contributed by atoms with Crippen LogP contribution < -0.4 is 0 Å². The highest BCUT2D eigenvalue weighted by Crippen LogP contribution is 2.43. The van der Waals surface area contributed by atoms with E-state index < -0.39 is 35.2 Å². The van der Waals surface area contributed by atoms with Crippen molar-refractivity contribution in [3.63, 3.8) is 0 Å². The van der Waals surface area contributed by atoms with Crippen LogP contribution in [0.2, 0.25) is 0 Å². The molecular weight excluding hydrogens is 237 g/mol. The van der Waals surface area contributed by atoms with E-state index in [9.17, 15) is 13.4 Å². The SMILES string of the molecule is CC(C)(C)OC(=O)N(S(=O)O)C1(CF)CC1. The number of hydrogen-bond acceptors (Lipinski definition) is 3. The molecule has 0 radical (unpaired) electrons. The molecule has 94 valence electrons. The number of ether oxygens (including phenoxy) is 1. The number of amides is 1. The fourth-order valence-corrected chi connectivity index (χ4v) is 1.99. The number of nitrogens with zero attached hydrogens (tertiary/aromatic N) is 1. The Hall–Kier alpha value is -0.690. The molecule has 0 saturated heterocycles. The Morgan fingerprint density at radius 2 is 2.06 bits per heavy atom. The van der Waals surface area contributed by atoms with Gasteiger partial charge in [-0.05, 0) is 33.6 Å². The number of alkyl halides is 1. The van der Waals surface area contributed by atoms with Gasteiger partial charge in [-0.25, -0.2) is 13.4 Å². The Kier molecular flexibility index (Phi) is 3.59. The van der Waals surface area contributed by atoms with Gasteiger partial charge in [0.2, 0.25) is 0 Å². The van der Waals surface area contributed by atoms with Gasteiger partial charge in [-0.15, -0.1) is 0 Å². The summed E-state index contributed by atoms with van der Waals surface area (Å²) < 4.78 is 38.3. The highest BCUT2D eigenvalue weighted by atomic mass is 32.2. The van der Waals surface area contributed by atoms with Gasteiger partial charge >= 0.3 is 6.09 Å². The molecule has 0 aliphatic heterocycles. The van der Waals surface area contributed by atoms with Gasteiger partial charge in [0.15, 0.2) is 0 Å². The minimum atomic E-state index is -2.56. The molecule has 1 amide bonds. The van der Waals surface area contributed by atoms with E-state index in [1.165, 1.54) is 0 Å². The predicted molar refractivity (Wildman–Crippen MR) is 56.8 cm³/mol. The molecule has 1 fully saturated rings. The van der Waals surface area contributed by atoms with Gasteiger partial charge in [0.1, 0.15) is 12.3 Å². The maximum absolute atomic E-state index is 12.7. The summed E-state index contributed by atoms with van der Waals surface area (Å²) in [6, 6.07) is 0. The second kappa shape index (κ2) is 4.29. The van der Waals surface area contributed by atoms with Crippen LogP contribution in [0.15, 0.2) is 0 Å². The largest absolute Gasteiger partial charge is 0.443 e. The molecule has 1 N–H and O–H groups in total. The Morgan fingerprint density at radius 1 is 1.56 bits per heavy atom. The fraction of sp³-hybridized carbons (Fsp3) is 0.889. The van der Waals surface area contributed by atoms with E-state index in [4.69, 9.17) is 9.29 Å². The average molecular weight is 253 g/mol. The van der Waals surface area contributed by atoms with Crippen LogP contribution in [-0.2, 0) is 16.0 Å². The number of carbonyl (C=O) groups is 1. The average Bonchev–Trinajstić information content (AvgIpc) is 2.81. The summed E-state index contributed by atoms with van der Waals surface area (Å²) in [4.78, 5) is 11.6. The molecule has 16 heavy (non-hydrogen) atoms. The summed E-state index contributed by atoms with van der Waals surface area (Å²) in [5.74, 6) is 0. The lowest BCUT2D eigenvalue weighted by atomic mass is 10.2. The lowest BCUT2D eigenvalue weighted by molar-refractivity contribution is 0.0297. The molecule has 1 aliphatic rings. The summed E-state index contributed by atoms with van der Waals surface area (Å²) in [7, 11) is 0. The van der Waals surface area contributed by atoms with Crippen molar-refractivity contribution in [3.8, 4) is 0 Å². The van der Waals surface area contributed by atoms with Crippen molar-refractivity contribution in [3.05, 3.63) is 0 Å². The number of rotatable bonds is 3. The highest BCUT2D eigenvalue weighted by Gasteiger charge is 2.54. The van der Waals surface area contributed by atoms with Crippen LogP contribution in [0.5, 0.6) is 0 Å². The van der Waals surface area contributed by atoms with Crippen molar-refractivity contribution in [1.29, 1.82) is 0 Å². The summed E-state index contributed by atoms with van der Waals surface area (Å²) in [6.07, 6.45) is -0.187. The van der Waals surface area contributed by atoms with Gasteiger partial charge in [-0.2, -0.15) is 4.31 Å².